The lowest BCUT2D eigenvalue weighted by atomic mass is 9.92. The average Bonchev–Trinajstić information content (AvgIpc) is 0.791. The van der Waals surface area contributed by atoms with E-state index in [9.17, 15) is 20.2 Å². The molecule has 7 aromatic carbocycles. The van der Waals surface area contributed by atoms with E-state index in [1.54, 1.807) is 130 Å². The van der Waals surface area contributed by atoms with E-state index in [1.807, 2.05) is 310 Å². The van der Waals surface area contributed by atoms with Crippen LogP contribution in [0, 0.1) is 47.9 Å². The smallest absolute Gasteiger partial charge is 0.269 e. The zero-order valence-electron chi connectivity index (χ0n) is 82.9. The Labute approximate surface area is 855 Å². The second-order valence-electron chi connectivity index (χ2n) is 32.8. The van der Waals surface area contributed by atoms with E-state index in [2.05, 4.69) is 158 Å². The second-order valence-corrected chi connectivity index (χ2v) is 32.8. The van der Waals surface area contributed by atoms with E-state index in [1.165, 1.54) is 63.3 Å². The zero-order chi connectivity index (χ0) is 103. The minimum absolute atomic E-state index is 0.0223. The molecule has 0 aliphatic heterocycles. The number of nitro groups is 2. The van der Waals surface area contributed by atoms with Gasteiger partial charge in [-0.25, -0.2) is 0 Å². The third-order valence-corrected chi connectivity index (χ3v) is 20.9. The number of nitro benzene ring substituents is 2. The van der Waals surface area contributed by atoms with Crippen molar-refractivity contribution < 1.29 is 9.85 Å². The van der Waals surface area contributed by atoms with E-state index in [4.69, 9.17) is 0 Å². The molecule has 11 heterocycles. The quantitative estimate of drug-likeness (QED) is 0.0296. The molecule has 0 amide bonds. The molecule has 0 bridgehead atoms. The van der Waals surface area contributed by atoms with Crippen LogP contribution < -0.4 is 4.90 Å². The lowest BCUT2D eigenvalue weighted by Crippen LogP contribution is -2.08. The maximum atomic E-state index is 10.6. The largest absolute Gasteiger partial charge is 0.378 e. The molecule has 0 spiro atoms. The molecular weight excluding hydrogens is 1830 g/mol. The number of hydrogen-bond acceptors (Lipinski definition) is 27. The Hall–Kier alpha value is -19.3. The van der Waals surface area contributed by atoms with Gasteiger partial charge in [0.1, 0.15) is 0 Å². The molecule has 0 N–H and O–H groups in total. The van der Waals surface area contributed by atoms with Gasteiger partial charge in [-0.2, -0.15) is 20.5 Å². The standard InChI is InChI=1S/C19H16N4.C18H13N5O2.C14H15N3.C14H14N2.C13H12N2.C12H9N3O2.C12H10N2.C9H12N2.C7H8N2/c1-15-5-7-17(8-6-15)22-23-18-11-9-16(10-12-18)21-14-19-4-2-3-13-20-19;24-23(25)18-10-8-16(9-11-18)22-21-15-6-4-14(5-7-15)20-13-17-3-1-2-12-19-17;1-17(2)14-8-6-12(7-9-14)16-11-13-5-3-4-10-15-13;1-9-3-5-11-7-8-12-6-4-10(2)16-14(12)13(11)15-9;1-11-5-7-12(8-6-11)15-10-13-4-2-3-9-14-13;16-15(17)12-6-4-10(5-7-12)14-9-11-3-1-2-8-13-11;1-3-9-5-6-10-4-2-8-14-12(10)11(9)13-7-1;1-8(2)11-7-9-5-3-4-6-10-9;1-8-6-7-4-2-3-5-9-7/h2-14H,1H3;1-13H;3-11H,1-2H3;3-6H,7-8H2,1-2H3;2-10H,1H3;1-9H;1-4,7-8H,5-6H2;3-8H,1-2H3;2-6H,1H3. The molecule has 0 radical (unpaired) electrons. The van der Waals surface area contributed by atoms with Gasteiger partial charge >= 0.3 is 0 Å². The Bertz CT molecular complexity index is 7270. The van der Waals surface area contributed by atoms with Crippen LogP contribution in [-0.4, -0.2) is 135 Å². The SMILES string of the molecule is CC(C)N=Cc1ccccn1.CN(C)c1ccc(N=Cc2ccccn2)cc1.CN=Cc1ccccn1.Cc1ccc(N=Cc2ccccn2)cc1.Cc1ccc(N=Nc2ccc(N=Cc3ccccn3)cc2)cc1.Cc1ccc2c(n1)-c1nc(C)ccc1CC2.O=[N+]([O-])c1ccc(N=Cc2ccccn2)cc1.O=[N+]([O-])c1ccc(N=Nc2ccc(N=Cc3ccccn3)cc2)cc1.c1cnc2c(c1)CCc1cccnc1-2. The molecule has 0 fully saturated rings. The normalized spacial score (nSPS) is 11.4. The summed E-state index contributed by atoms with van der Waals surface area (Å²) in [6, 6.07) is 108. The van der Waals surface area contributed by atoms with Crippen molar-refractivity contribution >= 4 is 112 Å². The Balaban J connectivity index is 0.000000149. The number of aromatic nitrogens is 11. The van der Waals surface area contributed by atoms with E-state index in [-0.39, 0.29) is 11.4 Å². The number of pyridine rings is 11. The van der Waals surface area contributed by atoms with E-state index < -0.39 is 9.85 Å². The van der Waals surface area contributed by atoms with Gasteiger partial charge in [0, 0.05) is 137 Å². The highest BCUT2D eigenvalue weighted by Gasteiger charge is 2.20. The third kappa shape index (κ3) is 38.0. The van der Waals surface area contributed by atoms with Gasteiger partial charge < -0.3 is 4.90 Å². The second kappa shape index (κ2) is 58.7. The number of benzene rings is 7. The molecule has 11 aromatic heterocycles. The summed E-state index contributed by atoms with van der Waals surface area (Å²) < 4.78 is 0. The van der Waals surface area contributed by atoms with Crippen molar-refractivity contribution in [1.82, 2.24) is 54.8 Å². The van der Waals surface area contributed by atoms with Crippen LogP contribution in [0.2, 0.25) is 0 Å². The Morgan fingerprint density at radius 2 is 0.517 bits per heavy atom. The highest BCUT2D eigenvalue weighted by Crippen LogP contribution is 2.33. The van der Waals surface area contributed by atoms with Crippen LogP contribution in [0.3, 0.4) is 0 Å². The van der Waals surface area contributed by atoms with Crippen LogP contribution in [0.1, 0.15) is 98.5 Å². The van der Waals surface area contributed by atoms with Crippen LogP contribution in [-0.2, 0) is 25.7 Å². The Morgan fingerprint density at radius 1 is 0.272 bits per heavy atom. The fourth-order valence-electron chi connectivity index (χ4n) is 13.3. The Morgan fingerprint density at radius 3 is 0.789 bits per heavy atom. The lowest BCUT2D eigenvalue weighted by molar-refractivity contribution is -0.385. The fourth-order valence-corrected chi connectivity index (χ4v) is 13.3. The molecule has 0 saturated heterocycles. The van der Waals surface area contributed by atoms with E-state index >= 15 is 0 Å². The van der Waals surface area contributed by atoms with Crippen molar-refractivity contribution in [3.63, 3.8) is 0 Å². The number of nitrogens with zero attached hydrogens (tertiary/aromatic N) is 25. The van der Waals surface area contributed by atoms with Crippen molar-refractivity contribution in [2.24, 2.45) is 55.4 Å². The summed E-state index contributed by atoms with van der Waals surface area (Å²) in [6.07, 6.45) is 32.3. The van der Waals surface area contributed by atoms with E-state index in [0.717, 1.165) is 134 Å². The van der Waals surface area contributed by atoms with Crippen molar-refractivity contribution in [2.45, 2.75) is 73.3 Å². The van der Waals surface area contributed by atoms with Gasteiger partial charge in [-0.1, -0.05) is 102 Å². The number of fused-ring (bicyclic) bond motifs is 6. The van der Waals surface area contributed by atoms with Crippen LogP contribution >= 0.6 is 0 Å². The molecule has 18 aromatic rings. The summed E-state index contributed by atoms with van der Waals surface area (Å²) in [5.41, 5.74) is 28.3. The molecular formula is C118H109N25O4. The molecule has 20 rings (SSSR count). The lowest BCUT2D eigenvalue weighted by Gasteiger charge is -2.18. The minimum atomic E-state index is -0.453. The first-order chi connectivity index (χ1) is 71.8. The molecule has 147 heavy (non-hydrogen) atoms. The maximum absolute atomic E-state index is 10.6. The molecule has 730 valence electrons. The molecule has 0 unspecified atom stereocenters. The molecule has 29 nitrogen and oxygen atoms in total. The van der Waals surface area contributed by atoms with Gasteiger partial charge in [-0.05, 0) is 320 Å². The highest BCUT2D eigenvalue weighted by molar-refractivity contribution is 5.83. The minimum Gasteiger partial charge on any atom is -0.378 e. The van der Waals surface area contributed by atoms with Gasteiger partial charge in [-0.3, -0.25) is 110 Å². The number of aliphatic imine (C=N–C) groups is 7. The fraction of sp³-hybridized carbons (Fsp3) is 0.119. The summed E-state index contributed by atoms with van der Waals surface area (Å²) in [6.45, 7) is 12.3. The van der Waals surface area contributed by atoms with Gasteiger partial charge in [-0.15, -0.1) is 0 Å². The van der Waals surface area contributed by atoms with Crippen LogP contribution in [0.15, 0.2) is 457 Å². The predicted molar refractivity (Wildman–Crippen MR) is 592 cm³/mol. The first-order valence-electron chi connectivity index (χ1n) is 47.0. The van der Waals surface area contributed by atoms with Gasteiger partial charge in [0.25, 0.3) is 11.4 Å². The van der Waals surface area contributed by atoms with Gasteiger partial charge in [0.2, 0.25) is 0 Å². The van der Waals surface area contributed by atoms with Crippen molar-refractivity contribution in [2.75, 3.05) is 26.0 Å². The zero-order valence-corrected chi connectivity index (χ0v) is 82.9. The molecule has 0 saturated carbocycles. The Kier molecular flexibility index (Phi) is 42.5. The third-order valence-electron chi connectivity index (χ3n) is 20.9. The van der Waals surface area contributed by atoms with E-state index in [0.29, 0.717) is 23.1 Å². The van der Waals surface area contributed by atoms with Crippen LogP contribution in [0.25, 0.3) is 22.8 Å². The molecule has 0 atom stereocenters. The van der Waals surface area contributed by atoms with Crippen LogP contribution in [0.5, 0.6) is 0 Å². The predicted octanol–water partition coefficient (Wildman–Crippen LogP) is 27.6. The van der Waals surface area contributed by atoms with Crippen molar-refractivity contribution in [3.8, 4) is 22.8 Å². The summed E-state index contributed by atoms with van der Waals surface area (Å²) in [5, 5.41) is 37.7. The topological polar surface area (TPSA) is 367 Å². The van der Waals surface area contributed by atoms with Gasteiger partial charge in [0.15, 0.2) is 0 Å². The first-order valence-corrected chi connectivity index (χ1v) is 47.0. The first kappa shape index (κ1) is 107. The highest BCUT2D eigenvalue weighted by atomic mass is 16.6. The summed E-state index contributed by atoms with van der Waals surface area (Å²) in [4.78, 5) is 98.8. The van der Waals surface area contributed by atoms with Crippen LogP contribution in [0.4, 0.5) is 68.2 Å². The number of rotatable bonds is 20. The average molecular weight is 1940 g/mol. The van der Waals surface area contributed by atoms with Crippen molar-refractivity contribution in [3.05, 3.63) is 506 Å². The number of hydrogen-bond donors (Lipinski definition) is 0. The summed E-state index contributed by atoms with van der Waals surface area (Å²) in [5.74, 6) is 0. The number of aryl methyl sites for hydroxylation is 8. The monoisotopic (exact) mass is 1940 g/mol. The van der Waals surface area contributed by atoms with Gasteiger partial charge in [0.05, 0.1) is 155 Å². The van der Waals surface area contributed by atoms with Crippen molar-refractivity contribution in [1.29, 1.82) is 0 Å². The number of azo groups is 2. The molecule has 2 aliphatic carbocycles. The maximum Gasteiger partial charge on any atom is 0.269 e. The number of non-ortho nitro benzene ring substituents is 2. The summed E-state index contributed by atoms with van der Waals surface area (Å²) in [7, 11) is 5.77. The number of anilines is 1. The molecule has 29 heteroatoms. The summed E-state index contributed by atoms with van der Waals surface area (Å²) >= 11 is 0. The molecule has 2 aliphatic rings.